The monoisotopic (exact) mass is 279 g/mol. The molecule has 2 heterocycles. The van der Waals surface area contributed by atoms with Crippen molar-refractivity contribution in [2.24, 2.45) is 7.05 Å². The Morgan fingerprint density at radius 1 is 1.31 bits per heavy atom. The molecule has 16 heavy (non-hydrogen) atoms. The standard InChI is InChI=1S/C12H14BrN3/c1-8(2)12-10(7-16(3)15-12)9-4-5-11(13)14-6-9/h4-8H,1-3H3. The molecule has 0 spiro atoms. The zero-order chi connectivity index (χ0) is 11.7. The van der Waals surface area contributed by atoms with Crippen molar-refractivity contribution in [2.45, 2.75) is 19.8 Å². The lowest BCUT2D eigenvalue weighted by molar-refractivity contribution is 0.713. The Hall–Kier alpha value is -1.16. The van der Waals surface area contributed by atoms with Crippen LogP contribution < -0.4 is 0 Å². The van der Waals surface area contributed by atoms with Gasteiger partial charge in [-0.1, -0.05) is 19.9 Å². The smallest absolute Gasteiger partial charge is 0.106 e. The maximum Gasteiger partial charge on any atom is 0.106 e. The number of halogens is 1. The van der Waals surface area contributed by atoms with Crippen LogP contribution in [0.25, 0.3) is 11.1 Å². The fourth-order valence-corrected chi connectivity index (χ4v) is 1.92. The second-order valence-electron chi connectivity index (χ2n) is 4.13. The summed E-state index contributed by atoms with van der Waals surface area (Å²) in [6, 6.07) is 4.01. The first-order chi connectivity index (χ1) is 7.58. The molecular formula is C12H14BrN3. The van der Waals surface area contributed by atoms with E-state index in [4.69, 9.17) is 0 Å². The molecule has 0 aliphatic heterocycles. The van der Waals surface area contributed by atoms with Gasteiger partial charge in [0.15, 0.2) is 0 Å². The average Bonchev–Trinajstić information content (AvgIpc) is 2.61. The van der Waals surface area contributed by atoms with E-state index in [0.717, 1.165) is 21.4 Å². The normalized spacial score (nSPS) is 11.1. The molecule has 0 aliphatic carbocycles. The first-order valence-electron chi connectivity index (χ1n) is 5.23. The van der Waals surface area contributed by atoms with Crippen molar-refractivity contribution in [3.05, 3.63) is 34.8 Å². The van der Waals surface area contributed by atoms with Crippen LogP contribution in [0.4, 0.5) is 0 Å². The first-order valence-corrected chi connectivity index (χ1v) is 6.02. The number of hydrogen-bond donors (Lipinski definition) is 0. The van der Waals surface area contributed by atoms with E-state index in [-0.39, 0.29) is 0 Å². The van der Waals surface area contributed by atoms with Crippen molar-refractivity contribution in [3.8, 4) is 11.1 Å². The van der Waals surface area contributed by atoms with Gasteiger partial charge in [-0.25, -0.2) is 4.98 Å². The van der Waals surface area contributed by atoms with Gasteiger partial charge >= 0.3 is 0 Å². The van der Waals surface area contributed by atoms with Gasteiger partial charge in [0.2, 0.25) is 0 Å². The Bertz CT molecular complexity index is 485. The van der Waals surface area contributed by atoms with Crippen LogP contribution in [0.1, 0.15) is 25.5 Å². The molecule has 0 radical (unpaired) electrons. The molecule has 0 bridgehead atoms. The Kier molecular flexibility index (Phi) is 3.10. The van der Waals surface area contributed by atoms with Crippen molar-refractivity contribution < 1.29 is 0 Å². The summed E-state index contributed by atoms with van der Waals surface area (Å²) in [5.74, 6) is 0.417. The number of nitrogens with zero attached hydrogens (tertiary/aromatic N) is 3. The number of pyridine rings is 1. The molecular weight excluding hydrogens is 266 g/mol. The first kappa shape index (κ1) is 11.3. The summed E-state index contributed by atoms with van der Waals surface area (Å²) in [6.07, 6.45) is 3.91. The Morgan fingerprint density at radius 2 is 2.06 bits per heavy atom. The quantitative estimate of drug-likeness (QED) is 0.790. The molecule has 0 unspecified atom stereocenters. The van der Waals surface area contributed by atoms with Crippen LogP contribution in [-0.2, 0) is 7.05 Å². The molecule has 0 N–H and O–H groups in total. The molecule has 2 aromatic rings. The summed E-state index contributed by atoms with van der Waals surface area (Å²) >= 11 is 3.34. The van der Waals surface area contributed by atoms with E-state index in [9.17, 15) is 0 Å². The molecule has 4 heteroatoms. The summed E-state index contributed by atoms with van der Waals surface area (Å²) in [4.78, 5) is 4.24. The van der Waals surface area contributed by atoms with E-state index in [1.807, 2.05) is 30.2 Å². The number of aryl methyl sites for hydroxylation is 1. The lowest BCUT2D eigenvalue weighted by Crippen LogP contribution is -1.93. The van der Waals surface area contributed by atoms with E-state index in [2.05, 4.69) is 45.9 Å². The fourth-order valence-electron chi connectivity index (χ4n) is 1.69. The number of hydrogen-bond acceptors (Lipinski definition) is 2. The van der Waals surface area contributed by atoms with Crippen LogP contribution in [0, 0.1) is 0 Å². The van der Waals surface area contributed by atoms with Crippen LogP contribution in [-0.4, -0.2) is 14.8 Å². The average molecular weight is 280 g/mol. The molecule has 0 saturated carbocycles. The third kappa shape index (κ3) is 2.16. The lowest BCUT2D eigenvalue weighted by atomic mass is 10.0. The van der Waals surface area contributed by atoms with E-state index >= 15 is 0 Å². The molecule has 0 aromatic carbocycles. The van der Waals surface area contributed by atoms with Gasteiger partial charge in [0.25, 0.3) is 0 Å². The van der Waals surface area contributed by atoms with Gasteiger partial charge in [0.1, 0.15) is 4.60 Å². The van der Waals surface area contributed by atoms with Gasteiger partial charge in [-0.05, 0) is 27.9 Å². The second-order valence-corrected chi connectivity index (χ2v) is 4.94. The summed E-state index contributed by atoms with van der Waals surface area (Å²) in [6.45, 7) is 4.30. The van der Waals surface area contributed by atoms with Gasteiger partial charge in [-0.2, -0.15) is 5.10 Å². The highest BCUT2D eigenvalue weighted by molar-refractivity contribution is 9.10. The number of rotatable bonds is 2. The van der Waals surface area contributed by atoms with Gasteiger partial charge in [-0.15, -0.1) is 0 Å². The second kappa shape index (κ2) is 4.37. The predicted octanol–water partition coefficient (Wildman–Crippen LogP) is 3.37. The Labute approximate surface area is 104 Å². The van der Waals surface area contributed by atoms with Gasteiger partial charge in [-0.3, -0.25) is 4.68 Å². The summed E-state index contributed by atoms with van der Waals surface area (Å²) in [7, 11) is 1.95. The molecule has 0 aliphatic rings. The highest BCUT2D eigenvalue weighted by Crippen LogP contribution is 2.27. The summed E-state index contributed by atoms with van der Waals surface area (Å²) < 4.78 is 2.71. The van der Waals surface area contributed by atoms with Gasteiger partial charge < -0.3 is 0 Å². The topological polar surface area (TPSA) is 30.7 Å². The maximum atomic E-state index is 4.49. The highest BCUT2D eigenvalue weighted by atomic mass is 79.9. The Balaban J connectivity index is 2.50. The van der Waals surface area contributed by atoms with Gasteiger partial charge in [0.05, 0.1) is 5.69 Å². The molecule has 0 saturated heterocycles. The van der Waals surface area contributed by atoms with Crippen LogP contribution in [0.3, 0.4) is 0 Å². The fraction of sp³-hybridized carbons (Fsp3) is 0.333. The summed E-state index contributed by atoms with van der Waals surface area (Å²) in [5, 5.41) is 4.49. The third-order valence-electron chi connectivity index (χ3n) is 2.44. The molecule has 0 fully saturated rings. The maximum absolute atomic E-state index is 4.49. The largest absolute Gasteiger partial charge is 0.275 e. The van der Waals surface area contributed by atoms with E-state index in [1.54, 1.807) is 0 Å². The predicted molar refractivity (Wildman–Crippen MR) is 68.2 cm³/mol. The minimum atomic E-state index is 0.417. The molecule has 84 valence electrons. The molecule has 0 amide bonds. The van der Waals surface area contributed by atoms with Crippen LogP contribution >= 0.6 is 15.9 Å². The zero-order valence-electron chi connectivity index (χ0n) is 9.61. The molecule has 3 nitrogen and oxygen atoms in total. The van der Waals surface area contributed by atoms with Crippen LogP contribution in [0.15, 0.2) is 29.1 Å². The van der Waals surface area contributed by atoms with E-state index in [0.29, 0.717) is 5.92 Å². The molecule has 2 aromatic heterocycles. The zero-order valence-corrected chi connectivity index (χ0v) is 11.2. The van der Waals surface area contributed by atoms with E-state index < -0.39 is 0 Å². The number of aromatic nitrogens is 3. The summed E-state index contributed by atoms with van der Waals surface area (Å²) in [5.41, 5.74) is 3.39. The van der Waals surface area contributed by atoms with Crippen LogP contribution in [0.5, 0.6) is 0 Å². The van der Waals surface area contributed by atoms with Gasteiger partial charge in [0, 0.05) is 30.6 Å². The minimum absolute atomic E-state index is 0.417. The SMILES string of the molecule is CC(C)c1nn(C)cc1-c1ccc(Br)nc1. The highest BCUT2D eigenvalue weighted by Gasteiger charge is 2.13. The molecule has 0 atom stereocenters. The molecule has 2 rings (SSSR count). The van der Waals surface area contributed by atoms with Crippen LogP contribution in [0.2, 0.25) is 0 Å². The van der Waals surface area contributed by atoms with Crippen molar-refractivity contribution >= 4 is 15.9 Å². The Morgan fingerprint density at radius 3 is 2.62 bits per heavy atom. The van der Waals surface area contributed by atoms with Crippen molar-refractivity contribution in [1.82, 2.24) is 14.8 Å². The minimum Gasteiger partial charge on any atom is -0.275 e. The third-order valence-corrected chi connectivity index (χ3v) is 2.91. The van der Waals surface area contributed by atoms with Crippen molar-refractivity contribution in [2.75, 3.05) is 0 Å². The lowest BCUT2D eigenvalue weighted by Gasteiger charge is -2.04. The van der Waals surface area contributed by atoms with Crippen molar-refractivity contribution in [1.29, 1.82) is 0 Å². The van der Waals surface area contributed by atoms with E-state index in [1.165, 1.54) is 0 Å². The van der Waals surface area contributed by atoms with Crippen molar-refractivity contribution in [3.63, 3.8) is 0 Å².